The standard InChI is InChI=1S/C17H10Br/c18-14-7-8-16-13(10-14)9-12-6-5-11-3-1-2-4-15(11)17(12)16/h1-4,6-8,10H,9H2/q+1. The zero-order valence-electron chi connectivity index (χ0n) is 9.70. The third-order valence-electron chi connectivity index (χ3n) is 3.64. The molecule has 0 fully saturated rings. The average molecular weight is 294 g/mol. The molecule has 0 saturated carbocycles. The van der Waals surface area contributed by atoms with E-state index in [1.54, 1.807) is 0 Å². The Balaban J connectivity index is 2.00. The summed E-state index contributed by atoms with van der Waals surface area (Å²) < 4.78 is 1.15. The van der Waals surface area contributed by atoms with Crippen LogP contribution < -0.4 is 0 Å². The zero-order valence-corrected chi connectivity index (χ0v) is 11.3. The van der Waals surface area contributed by atoms with Crippen LogP contribution in [0.4, 0.5) is 0 Å². The van der Waals surface area contributed by atoms with Gasteiger partial charge in [-0.25, -0.2) is 0 Å². The summed E-state index contributed by atoms with van der Waals surface area (Å²) in [7, 11) is 0. The van der Waals surface area contributed by atoms with Crippen molar-refractivity contribution in [2.75, 3.05) is 0 Å². The highest BCUT2D eigenvalue weighted by molar-refractivity contribution is 9.10. The van der Waals surface area contributed by atoms with Gasteiger partial charge in [0.1, 0.15) is 0 Å². The minimum absolute atomic E-state index is 1.02. The van der Waals surface area contributed by atoms with Crippen molar-refractivity contribution in [1.82, 2.24) is 0 Å². The van der Waals surface area contributed by atoms with Crippen LogP contribution in [0.3, 0.4) is 0 Å². The number of hydrogen-bond acceptors (Lipinski definition) is 0. The molecule has 0 saturated heterocycles. The van der Waals surface area contributed by atoms with Gasteiger partial charge in [0.05, 0.1) is 17.2 Å². The van der Waals surface area contributed by atoms with Crippen LogP contribution in [0.25, 0.3) is 5.57 Å². The quantitative estimate of drug-likeness (QED) is 0.626. The van der Waals surface area contributed by atoms with Gasteiger partial charge in [0.25, 0.3) is 0 Å². The van der Waals surface area contributed by atoms with Crippen LogP contribution >= 0.6 is 15.9 Å². The topological polar surface area (TPSA) is 0 Å². The van der Waals surface area contributed by atoms with Gasteiger partial charge in [0, 0.05) is 34.2 Å². The highest BCUT2D eigenvalue weighted by Gasteiger charge is 2.31. The molecule has 0 atom stereocenters. The van der Waals surface area contributed by atoms with Crippen LogP contribution in [0.1, 0.15) is 22.3 Å². The lowest BCUT2D eigenvalue weighted by molar-refractivity contribution is 1.23. The van der Waals surface area contributed by atoms with Crippen molar-refractivity contribution in [3.63, 3.8) is 0 Å². The second-order valence-electron chi connectivity index (χ2n) is 4.71. The SMILES string of the molecule is Brc1ccc2c(c1)CC1=C2c2ccccc2[C+]=C1. The third kappa shape index (κ3) is 1.35. The second-order valence-corrected chi connectivity index (χ2v) is 5.63. The van der Waals surface area contributed by atoms with E-state index in [0.717, 1.165) is 10.9 Å². The molecule has 0 amide bonds. The zero-order chi connectivity index (χ0) is 12.1. The van der Waals surface area contributed by atoms with Crippen molar-refractivity contribution in [2.45, 2.75) is 6.42 Å². The first-order valence-electron chi connectivity index (χ1n) is 6.04. The smallest absolute Gasteiger partial charge is 0.0511 e. The molecule has 0 spiro atoms. The van der Waals surface area contributed by atoms with Crippen molar-refractivity contribution in [2.24, 2.45) is 0 Å². The predicted octanol–water partition coefficient (Wildman–Crippen LogP) is 4.53. The maximum atomic E-state index is 3.55. The molecule has 4 rings (SSSR count). The first-order valence-corrected chi connectivity index (χ1v) is 6.83. The van der Waals surface area contributed by atoms with Crippen molar-refractivity contribution in [3.05, 3.63) is 86.9 Å². The summed E-state index contributed by atoms with van der Waals surface area (Å²) in [6, 6.07) is 15.1. The van der Waals surface area contributed by atoms with Gasteiger partial charge in [-0.1, -0.05) is 22.0 Å². The Bertz CT molecular complexity index is 720. The summed E-state index contributed by atoms with van der Waals surface area (Å²) in [6.07, 6.45) is 6.55. The van der Waals surface area contributed by atoms with E-state index in [2.05, 4.69) is 70.5 Å². The lowest BCUT2D eigenvalue weighted by atomic mass is 9.90. The summed E-state index contributed by atoms with van der Waals surface area (Å²) in [5, 5.41) is 0. The summed E-state index contributed by atoms with van der Waals surface area (Å²) in [4.78, 5) is 0. The molecule has 84 valence electrons. The van der Waals surface area contributed by atoms with Crippen LogP contribution in [0.2, 0.25) is 0 Å². The molecule has 2 aromatic rings. The fourth-order valence-electron chi connectivity index (χ4n) is 2.85. The maximum Gasteiger partial charge on any atom is 0.155 e. The molecule has 0 N–H and O–H groups in total. The molecule has 18 heavy (non-hydrogen) atoms. The van der Waals surface area contributed by atoms with E-state index in [-0.39, 0.29) is 0 Å². The Morgan fingerprint density at radius 1 is 1.00 bits per heavy atom. The normalized spacial score (nSPS) is 14.9. The largest absolute Gasteiger partial charge is 0.155 e. The highest BCUT2D eigenvalue weighted by Crippen LogP contribution is 2.42. The molecule has 0 unspecified atom stereocenters. The Kier molecular flexibility index (Phi) is 2.08. The van der Waals surface area contributed by atoms with E-state index >= 15 is 0 Å². The van der Waals surface area contributed by atoms with Crippen LogP contribution in [0.5, 0.6) is 0 Å². The van der Waals surface area contributed by atoms with Crippen LogP contribution in [-0.4, -0.2) is 0 Å². The number of rotatable bonds is 0. The van der Waals surface area contributed by atoms with Gasteiger partial charge >= 0.3 is 0 Å². The van der Waals surface area contributed by atoms with Crippen LogP contribution in [-0.2, 0) is 6.42 Å². The minimum Gasteiger partial charge on any atom is -0.0511 e. The van der Waals surface area contributed by atoms with E-state index in [1.807, 2.05) is 0 Å². The lowest BCUT2D eigenvalue weighted by Gasteiger charge is -2.06. The van der Waals surface area contributed by atoms with E-state index in [1.165, 1.54) is 33.4 Å². The van der Waals surface area contributed by atoms with Gasteiger partial charge in [0.2, 0.25) is 0 Å². The molecular formula is C17H10Br+. The number of hydrogen-bond donors (Lipinski definition) is 0. The van der Waals surface area contributed by atoms with Crippen LogP contribution in [0, 0.1) is 6.08 Å². The fraction of sp³-hybridized carbons (Fsp3) is 0.0588. The van der Waals surface area contributed by atoms with E-state index < -0.39 is 0 Å². The molecule has 2 aromatic carbocycles. The molecule has 2 aliphatic rings. The molecule has 0 aromatic heterocycles. The number of allylic oxidation sites excluding steroid dienone is 2. The average Bonchev–Trinajstić information content (AvgIpc) is 2.76. The monoisotopic (exact) mass is 293 g/mol. The van der Waals surface area contributed by atoms with E-state index in [9.17, 15) is 0 Å². The fourth-order valence-corrected chi connectivity index (χ4v) is 3.26. The predicted molar refractivity (Wildman–Crippen MR) is 77.2 cm³/mol. The number of halogens is 1. The van der Waals surface area contributed by atoms with Crippen molar-refractivity contribution in [1.29, 1.82) is 0 Å². The Labute approximate surface area is 115 Å². The van der Waals surface area contributed by atoms with Crippen LogP contribution in [0.15, 0.2) is 58.6 Å². The first-order chi connectivity index (χ1) is 8.83. The maximum absolute atomic E-state index is 3.55. The van der Waals surface area contributed by atoms with Gasteiger partial charge in [-0.05, 0) is 35.9 Å². The van der Waals surface area contributed by atoms with Gasteiger partial charge in [0.15, 0.2) is 5.56 Å². The second kappa shape index (κ2) is 3.65. The Morgan fingerprint density at radius 2 is 1.89 bits per heavy atom. The molecule has 1 heteroatoms. The molecule has 0 nitrogen and oxygen atoms in total. The lowest BCUT2D eigenvalue weighted by Crippen LogP contribution is -1.95. The molecular weight excluding hydrogens is 284 g/mol. The number of benzene rings is 2. The molecule has 0 heterocycles. The molecule has 0 aliphatic heterocycles. The summed E-state index contributed by atoms with van der Waals surface area (Å²) in [5.74, 6) is 0. The summed E-state index contributed by atoms with van der Waals surface area (Å²) in [6.45, 7) is 0. The van der Waals surface area contributed by atoms with Gasteiger partial charge < -0.3 is 0 Å². The number of fused-ring (bicyclic) bond motifs is 4. The van der Waals surface area contributed by atoms with Gasteiger partial charge in [-0.2, -0.15) is 0 Å². The minimum atomic E-state index is 1.02. The van der Waals surface area contributed by atoms with E-state index in [0.29, 0.717) is 0 Å². The van der Waals surface area contributed by atoms with Gasteiger partial charge in [-0.3, -0.25) is 0 Å². The van der Waals surface area contributed by atoms with Crippen molar-refractivity contribution >= 4 is 21.5 Å². The summed E-state index contributed by atoms with van der Waals surface area (Å²) >= 11 is 3.55. The summed E-state index contributed by atoms with van der Waals surface area (Å²) in [5.41, 5.74) is 8.08. The highest BCUT2D eigenvalue weighted by atomic mass is 79.9. The molecule has 0 radical (unpaired) electrons. The first kappa shape index (κ1) is 10.3. The third-order valence-corrected chi connectivity index (χ3v) is 4.13. The Hall–Kier alpha value is -1.69. The molecule has 0 bridgehead atoms. The Morgan fingerprint density at radius 3 is 2.83 bits per heavy atom. The van der Waals surface area contributed by atoms with Gasteiger partial charge in [-0.15, -0.1) is 0 Å². The van der Waals surface area contributed by atoms with Crippen molar-refractivity contribution < 1.29 is 0 Å². The molecule has 2 aliphatic carbocycles. The van der Waals surface area contributed by atoms with E-state index in [4.69, 9.17) is 0 Å². The van der Waals surface area contributed by atoms with Crippen molar-refractivity contribution in [3.8, 4) is 0 Å².